The van der Waals surface area contributed by atoms with Crippen LogP contribution in [0.1, 0.15) is 32.6 Å². The molecule has 0 saturated carbocycles. The van der Waals surface area contributed by atoms with Crippen LogP contribution in [0.4, 0.5) is 0 Å². The normalized spacial score (nSPS) is 18.8. The number of aliphatic hydroxyl groups excluding tert-OH is 1. The molecule has 0 aromatic rings. The number of rotatable bonds is 8. The van der Waals surface area contributed by atoms with Crippen molar-refractivity contribution in [3.63, 3.8) is 0 Å². The van der Waals surface area contributed by atoms with E-state index in [1.807, 2.05) is 6.20 Å². The predicted molar refractivity (Wildman–Crippen MR) is 68.3 cm³/mol. The summed E-state index contributed by atoms with van der Waals surface area (Å²) >= 11 is -2.12. The monoisotopic (exact) mass is 262 g/mol. The molecule has 0 saturated heterocycles. The van der Waals surface area contributed by atoms with Crippen LogP contribution in [0, 0.1) is 0 Å². The summed E-state index contributed by atoms with van der Waals surface area (Å²) in [4.78, 5) is 4.41. The summed E-state index contributed by atoms with van der Waals surface area (Å²) in [5.41, 5.74) is -1.11. The average molecular weight is 262 g/mol. The van der Waals surface area contributed by atoms with Gasteiger partial charge in [-0.2, -0.15) is 0 Å². The molecule has 0 spiro atoms. The van der Waals surface area contributed by atoms with Gasteiger partial charge in [0.05, 0.1) is 6.67 Å². The minimum Gasteiger partial charge on any atom is -0.377 e. The topological polar surface area (TPSA) is 64.0 Å². The number of hydrogen-bond acceptors (Lipinski definition) is 4. The fourth-order valence-electron chi connectivity index (χ4n) is 1.74. The zero-order valence-corrected chi connectivity index (χ0v) is 11.1. The van der Waals surface area contributed by atoms with Crippen molar-refractivity contribution in [1.29, 1.82) is 0 Å². The van der Waals surface area contributed by atoms with E-state index in [4.69, 9.17) is 4.55 Å². The van der Waals surface area contributed by atoms with E-state index in [0.29, 0.717) is 6.42 Å². The van der Waals surface area contributed by atoms with Gasteiger partial charge in [-0.25, -0.2) is 4.21 Å². The quantitative estimate of drug-likeness (QED) is 0.643. The first-order valence-corrected chi connectivity index (χ1v) is 7.24. The van der Waals surface area contributed by atoms with Gasteiger partial charge in [0, 0.05) is 25.5 Å². The Balaban J connectivity index is 2.10. The van der Waals surface area contributed by atoms with E-state index in [1.165, 1.54) is 12.8 Å². The minimum atomic E-state index is -2.12. The van der Waals surface area contributed by atoms with Crippen molar-refractivity contribution < 1.29 is 13.9 Å². The van der Waals surface area contributed by atoms with Crippen LogP contribution in [0.25, 0.3) is 0 Å². The highest BCUT2D eigenvalue weighted by Crippen LogP contribution is 2.10. The summed E-state index contributed by atoms with van der Waals surface area (Å²) < 4.78 is 19.2. The zero-order chi connectivity index (χ0) is 12.7. The highest BCUT2D eigenvalue weighted by atomic mass is 32.2. The second kappa shape index (κ2) is 7.68. The number of aliphatic hydroxyl groups is 1. The van der Waals surface area contributed by atoms with Gasteiger partial charge in [0.2, 0.25) is 0 Å². The van der Waals surface area contributed by atoms with Crippen LogP contribution in [-0.2, 0) is 11.1 Å². The Labute approximate surface area is 105 Å². The fraction of sp³-hybridized carbons (Fsp3) is 0.818. The van der Waals surface area contributed by atoms with Gasteiger partial charge in [0.15, 0.2) is 16.5 Å². The molecule has 1 heterocycles. The maximum Gasteiger partial charge on any atom is 0.182 e. The largest absolute Gasteiger partial charge is 0.377 e. The first kappa shape index (κ1) is 14.5. The lowest BCUT2D eigenvalue weighted by atomic mass is 10.3. The molecule has 1 aliphatic heterocycles. The summed E-state index contributed by atoms with van der Waals surface area (Å²) in [7, 11) is 0. The van der Waals surface area contributed by atoms with E-state index >= 15 is 0 Å². The molecule has 0 radical (unpaired) electrons. The summed E-state index contributed by atoms with van der Waals surface area (Å²) in [6.45, 7) is 4.95. The van der Waals surface area contributed by atoms with E-state index in [0.717, 1.165) is 26.2 Å². The number of hydrogen-bond donors (Lipinski definition) is 2. The minimum absolute atomic E-state index is 0.364. The standard InChI is InChI=1S/C11H22N2O3S/c1-2-3-6-12-8-9-13(10-12)7-4-5-11(14)17(15)16/h8-9,11,14H,2-7,10H2,1H3,(H,15,16). The highest BCUT2D eigenvalue weighted by molar-refractivity contribution is 7.79. The van der Waals surface area contributed by atoms with E-state index in [9.17, 15) is 9.32 Å². The van der Waals surface area contributed by atoms with Crippen LogP contribution < -0.4 is 0 Å². The smallest absolute Gasteiger partial charge is 0.182 e. The second-order valence-electron chi connectivity index (χ2n) is 4.29. The molecule has 0 bridgehead atoms. The van der Waals surface area contributed by atoms with Gasteiger partial charge < -0.3 is 19.5 Å². The molecule has 0 fully saturated rings. The molecule has 100 valence electrons. The first-order chi connectivity index (χ1) is 8.13. The maximum atomic E-state index is 10.5. The maximum absolute atomic E-state index is 10.5. The molecule has 0 aliphatic carbocycles. The number of nitrogens with zero attached hydrogens (tertiary/aromatic N) is 2. The number of unbranched alkanes of at least 4 members (excludes halogenated alkanes) is 1. The summed E-state index contributed by atoms with van der Waals surface area (Å²) in [6.07, 6.45) is 7.59. The molecule has 5 nitrogen and oxygen atoms in total. The van der Waals surface area contributed by atoms with Crippen LogP contribution in [-0.4, -0.2) is 48.9 Å². The lowest BCUT2D eigenvalue weighted by molar-refractivity contribution is 0.215. The van der Waals surface area contributed by atoms with Gasteiger partial charge in [-0.1, -0.05) is 13.3 Å². The first-order valence-electron chi connectivity index (χ1n) is 6.07. The van der Waals surface area contributed by atoms with Crippen molar-refractivity contribution in [2.75, 3.05) is 19.8 Å². The van der Waals surface area contributed by atoms with Crippen molar-refractivity contribution in [3.8, 4) is 0 Å². The Kier molecular flexibility index (Phi) is 6.54. The second-order valence-corrected chi connectivity index (χ2v) is 5.39. The molecule has 2 N–H and O–H groups in total. The molecule has 0 aromatic heterocycles. The molecule has 0 amide bonds. The van der Waals surface area contributed by atoms with Crippen molar-refractivity contribution in [2.24, 2.45) is 0 Å². The van der Waals surface area contributed by atoms with E-state index in [2.05, 4.69) is 22.9 Å². The van der Waals surface area contributed by atoms with Crippen LogP contribution in [0.3, 0.4) is 0 Å². The molecule has 2 atom stereocenters. The molecular weight excluding hydrogens is 240 g/mol. The fourth-order valence-corrected chi connectivity index (χ4v) is 2.11. The van der Waals surface area contributed by atoms with Gasteiger partial charge in [0.25, 0.3) is 0 Å². The SMILES string of the molecule is CCCCN1C=CN(CCCC(O)S(=O)O)C1. The van der Waals surface area contributed by atoms with Crippen LogP contribution >= 0.6 is 0 Å². The molecule has 17 heavy (non-hydrogen) atoms. The Hall–Kier alpha value is -0.590. The third-order valence-corrected chi connectivity index (χ3v) is 3.48. The van der Waals surface area contributed by atoms with Crippen molar-refractivity contribution in [2.45, 2.75) is 38.0 Å². The van der Waals surface area contributed by atoms with Gasteiger partial charge in [-0.3, -0.25) is 0 Å². The van der Waals surface area contributed by atoms with Gasteiger partial charge >= 0.3 is 0 Å². The lowest BCUT2D eigenvalue weighted by Crippen LogP contribution is -2.27. The molecule has 1 rings (SSSR count). The Bertz CT molecular complexity index is 273. The van der Waals surface area contributed by atoms with Crippen molar-refractivity contribution >= 4 is 11.1 Å². The van der Waals surface area contributed by atoms with Crippen LogP contribution in [0.5, 0.6) is 0 Å². The lowest BCUT2D eigenvalue weighted by Gasteiger charge is -2.21. The average Bonchev–Trinajstić information content (AvgIpc) is 2.74. The van der Waals surface area contributed by atoms with Gasteiger partial charge in [0.1, 0.15) is 0 Å². The Morgan fingerprint density at radius 3 is 2.41 bits per heavy atom. The van der Waals surface area contributed by atoms with Crippen LogP contribution in [0.15, 0.2) is 12.4 Å². The molecular formula is C11H22N2O3S. The van der Waals surface area contributed by atoms with E-state index < -0.39 is 16.5 Å². The van der Waals surface area contributed by atoms with Crippen molar-refractivity contribution in [1.82, 2.24) is 9.80 Å². The molecule has 6 heteroatoms. The molecule has 2 unspecified atom stereocenters. The van der Waals surface area contributed by atoms with E-state index in [1.54, 1.807) is 0 Å². The molecule has 1 aliphatic rings. The predicted octanol–water partition coefficient (Wildman–Crippen LogP) is 1.15. The third-order valence-electron chi connectivity index (χ3n) is 2.78. The summed E-state index contributed by atoms with van der Waals surface area (Å²) in [5, 5.41) is 9.17. The van der Waals surface area contributed by atoms with Crippen molar-refractivity contribution in [3.05, 3.63) is 12.4 Å². The van der Waals surface area contributed by atoms with Crippen LogP contribution in [0.2, 0.25) is 0 Å². The zero-order valence-electron chi connectivity index (χ0n) is 10.3. The Morgan fingerprint density at radius 2 is 1.88 bits per heavy atom. The van der Waals surface area contributed by atoms with Gasteiger partial charge in [-0.05, 0) is 19.3 Å². The highest BCUT2D eigenvalue weighted by Gasteiger charge is 2.13. The third kappa shape index (κ3) is 5.52. The Morgan fingerprint density at radius 1 is 1.29 bits per heavy atom. The van der Waals surface area contributed by atoms with Gasteiger partial charge in [-0.15, -0.1) is 0 Å². The summed E-state index contributed by atoms with van der Waals surface area (Å²) in [5.74, 6) is 0. The summed E-state index contributed by atoms with van der Waals surface area (Å²) in [6, 6.07) is 0. The van der Waals surface area contributed by atoms with E-state index in [-0.39, 0.29) is 0 Å². The molecule has 0 aromatic carbocycles.